The zero-order valence-corrected chi connectivity index (χ0v) is 13.2. The van der Waals surface area contributed by atoms with Crippen LogP contribution in [0.1, 0.15) is 27.4 Å². The van der Waals surface area contributed by atoms with Crippen LogP contribution in [-0.4, -0.2) is 45.4 Å². The molecular weight excluding hydrogens is 298 g/mol. The first-order chi connectivity index (χ1) is 9.32. The molecule has 1 saturated heterocycles. The van der Waals surface area contributed by atoms with E-state index in [0.717, 1.165) is 12.8 Å². The smallest absolute Gasteiger partial charge is 0.264 e. The minimum atomic E-state index is -3.77. The Labute approximate surface area is 123 Å². The summed E-state index contributed by atoms with van der Waals surface area (Å²) < 4.78 is 22.8. The summed E-state index contributed by atoms with van der Waals surface area (Å²) in [5.74, 6) is -0.118. The summed E-state index contributed by atoms with van der Waals surface area (Å²) in [4.78, 5) is 15.2. The maximum absolute atomic E-state index is 12.4. The van der Waals surface area contributed by atoms with E-state index >= 15 is 0 Å². The number of primary sulfonamides is 1. The highest BCUT2D eigenvalue weighted by Crippen LogP contribution is 2.26. The number of nitrogens with two attached hydrogens (primary N) is 1. The van der Waals surface area contributed by atoms with E-state index in [-0.39, 0.29) is 10.8 Å². The largest absolute Gasteiger partial charge is 0.336 e. The number of likely N-dealkylation sites (N-methyl/N-ethyl adjacent to an activating group) is 1. The summed E-state index contributed by atoms with van der Waals surface area (Å²) in [6.45, 7) is 3.02. The normalized spacial score (nSPS) is 20.1. The molecule has 1 aromatic rings. The quantitative estimate of drug-likeness (QED) is 0.850. The van der Waals surface area contributed by atoms with E-state index in [1.165, 1.54) is 17.4 Å². The van der Waals surface area contributed by atoms with Crippen molar-refractivity contribution in [1.29, 1.82) is 0 Å². The number of carbonyl (C=O) groups excluding carboxylic acids is 1. The van der Waals surface area contributed by atoms with Gasteiger partial charge in [-0.05, 0) is 32.9 Å². The van der Waals surface area contributed by atoms with Crippen molar-refractivity contribution in [2.24, 2.45) is 5.14 Å². The average Bonchev–Trinajstić information content (AvgIpc) is 2.80. The van der Waals surface area contributed by atoms with E-state index in [9.17, 15) is 13.2 Å². The van der Waals surface area contributed by atoms with Gasteiger partial charge in [0.1, 0.15) is 0 Å². The Morgan fingerprint density at radius 3 is 2.80 bits per heavy atom. The van der Waals surface area contributed by atoms with Crippen molar-refractivity contribution in [2.45, 2.75) is 30.7 Å². The van der Waals surface area contributed by atoms with Gasteiger partial charge in [0, 0.05) is 24.0 Å². The number of likely N-dealkylation sites (tertiary alicyclic amines) is 1. The number of rotatable bonds is 3. The molecule has 0 unspecified atom stereocenters. The minimum absolute atomic E-state index is 0.0491. The van der Waals surface area contributed by atoms with E-state index in [1.54, 1.807) is 11.8 Å². The standard InChI is InChI=1S/C12H19N3O3S2/c1-8-11(20(13,17)18)6-10(19-8)12(16)15-5-3-4-9(7-15)14-2/h6,9,14H,3-5,7H2,1-2H3,(H2,13,17,18)/t9-/m0/s1. The van der Waals surface area contributed by atoms with Crippen LogP contribution in [0.2, 0.25) is 0 Å². The van der Waals surface area contributed by atoms with Crippen LogP contribution < -0.4 is 10.5 Å². The number of nitrogens with one attached hydrogen (secondary N) is 1. The maximum Gasteiger partial charge on any atom is 0.264 e. The predicted molar refractivity (Wildman–Crippen MR) is 78.4 cm³/mol. The van der Waals surface area contributed by atoms with E-state index in [4.69, 9.17) is 5.14 Å². The number of nitrogens with zero attached hydrogens (tertiary/aromatic N) is 1. The summed E-state index contributed by atoms with van der Waals surface area (Å²) in [5, 5.41) is 8.31. The Hall–Kier alpha value is -0.960. The molecule has 112 valence electrons. The third kappa shape index (κ3) is 3.20. The minimum Gasteiger partial charge on any atom is -0.336 e. The van der Waals surface area contributed by atoms with Gasteiger partial charge >= 0.3 is 0 Å². The second-order valence-corrected chi connectivity index (χ2v) is 7.74. The SMILES string of the molecule is CN[C@H]1CCCN(C(=O)c2cc(S(N)(=O)=O)c(C)s2)C1. The van der Waals surface area contributed by atoms with E-state index < -0.39 is 10.0 Å². The number of hydrogen-bond acceptors (Lipinski definition) is 5. The number of thiophene rings is 1. The molecule has 1 fully saturated rings. The van der Waals surface area contributed by atoms with Gasteiger partial charge in [0.15, 0.2) is 0 Å². The highest BCUT2D eigenvalue weighted by molar-refractivity contribution is 7.89. The zero-order valence-electron chi connectivity index (χ0n) is 11.5. The Balaban J connectivity index is 2.22. The second kappa shape index (κ2) is 5.80. The molecule has 0 saturated carbocycles. The fraction of sp³-hybridized carbons (Fsp3) is 0.583. The molecule has 1 amide bonds. The van der Waals surface area contributed by atoms with E-state index in [0.29, 0.717) is 28.9 Å². The molecule has 20 heavy (non-hydrogen) atoms. The predicted octanol–water partition coefficient (Wildman–Crippen LogP) is 0.528. The molecule has 3 N–H and O–H groups in total. The van der Waals surface area contributed by atoms with Gasteiger partial charge in [0.2, 0.25) is 10.0 Å². The molecule has 1 aliphatic heterocycles. The Bertz CT molecular complexity index is 609. The lowest BCUT2D eigenvalue weighted by Crippen LogP contribution is -2.46. The van der Waals surface area contributed by atoms with Crippen LogP contribution in [0, 0.1) is 6.92 Å². The lowest BCUT2D eigenvalue weighted by molar-refractivity contribution is 0.0703. The molecule has 1 atom stereocenters. The summed E-state index contributed by atoms with van der Waals surface area (Å²) in [6, 6.07) is 1.69. The maximum atomic E-state index is 12.4. The number of sulfonamides is 1. The Morgan fingerprint density at radius 1 is 1.55 bits per heavy atom. The molecule has 1 aromatic heterocycles. The molecule has 8 heteroatoms. The molecule has 0 aliphatic carbocycles. The number of carbonyl (C=O) groups is 1. The number of amides is 1. The van der Waals surface area contributed by atoms with Crippen LogP contribution in [0.4, 0.5) is 0 Å². The van der Waals surface area contributed by atoms with Gasteiger partial charge in [-0.3, -0.25) is 4.79 Å². The fourth-order valence-corrected chi connectivity index (χ4v) is 4.52. The van der Waals surface area contributed by atoms with E-state index in [1.807, 2.05) is 7.05 Å². The van der Waals surface area contributed by atoms with Gasteiger partial charge < -0.3 is 10.2 Å². The van der Waals surface area contributed by atoms with Crippen LogP contribution >= 0.6 is 11.3 Å². The third-order valence-electron chi connectivity index (χ3n) is 3.51. The summed E-state index contributed by atoms with van der Waals surface area (Å²) >= 11 is 1.18. The molecule has 2 rings (SSSR count). The van der Waals surface area contributed by atoms with Gasteiger partial charge in [0.25, 0.3) is 5.91 Å². The van der Waals surface area contributed by atoms with Crippen molar-refractivity contribution in [2.75, 3.05) is 20.1 Å². The van der Waals surface area contributed by atoms with Crippen LogP contribution in [0.15, 0.2) is 11.0 Å². The number of hydrogen-bond donors (Lipinski definition) is 2. The first-order valence-corrected chi connectivity index (χ1v) is 8.79. The molecule has 0 spiro atoms. The highest BCUT2D eigenvalue weighted by Gasteiger charge is 2.26. The number of aryl methyl sites for hydroxylation is 1. The van der Waals surface area contributed by atoms with Crippen LogP contribution in [-0.2, 0) is 10.0 Å². The van der Waals surface area contributed by atoms with Crippen molar-refractivity contribution in [1.82, 2.24) is 10.2 Å². The van der Waals surface area contributed by atoms with Crippen molar-refractivity contribution in [3.63, 3.8) is 0 Å². The van der Waals surface area contributed by atoms with Gasteiger partial charge in [-0.15, -0.1) is 11.3 Å². The third-order valence-corrected chi connectivity index (χ3v) is 5.71. The lowest BCUT2D eigenvalue weighted by atomic mass is 10.1. The van der Waals surface area contributed by atoms with Gasteiger partial charge in [-0.25, -0.2) is 13.6 Å². The molecule has 0 radical (unpaired) electrons. The molecular formula is C12H19N3O3S2. The molecule has 0 aromatic carbocycles. The van der Waals surface area contributed by atoms with E-state index in [2.05, 4.69) is 5.32 Å². The van der Waals surface area contributed by atoms with Gasteiger partial charge in [-0.2, -0.15) is 0 Å². The van der Waals surface area contributed by atoms with Crippen molar-refractivity contribution in [3.05, 3.63) is 15.8 Å². The number of piperidine rings is 1. The lowest BCUT2D eigenvalue weighted by Gasteiger charge is -2.32. The summed E-state index contributed by atoms with van der Waals surface area (Å²) in [6.07, 6.45) is 2.00. The molecule has 2 heterocycles. The van der Waals surface area contributed by atoms with Crippen LogP contribution in [0.3, 0.4) is 0 Å². The monoisotopic (exact) mass is 317 g/mol. The van der Waals surface area contributed by atoms with Crippen molar-refractivity contribution < 1.29 is 13.2 Å². The Kier molecular flexibility index (Phi) is 4.48. The topological polar surface area (TPSA) is 92.5 Å². The van der Waals surface area contributed by atoms with Gasteiger partial charge in [0.05, 0.1) is 9.77 Å². The van der Waals surface area contributed by atoms with Crippen LogP contribution in [0.5, 0.6) is 0 Å². The zero-order chi connectivity index (χ0) is 14.9. The van der Waals surface area contributed by atoms with Crippen molar-refractivity contribution in [3.8, 4) is 0 Å². The summed E-state index contributed by atoms with van der Waals surface area (Å²) in [5.41, 5.74) is 0. The molecule has 6 nitrogen and oxygen atoms in total. The van der Waals surface area contributed by atoms with Gasteiger partial charge in [-0.1, -0.05) is 0 Å². The fourth-order valence-electron chi connectivity index (χ4n) is 2.41. The highest BCUT2D eigenvalue weighted by atomic mass is 32.2. The molecule has 1 aliphatic rings. The average molecular weight is 317 g/mol. The van der Waals surface area contributed by atoms with Crippen molar-refractivity contribution >= 4 is 27.3 Å². The first-order valence-electron chi connectivity index (χ1n) is 6.42. The van der Waals surface area contributed by atoms with Crippen LogP contribution in [0.25, 0.3) is 0 Å². The Morgan fingerprint density at radius 2 is 2.25 bits per heavy atom. The first kappa shape index (κ1) is 15.4. The summed E-state index contributed by atoms with van der Waals surface area (Å²) in [7, 11) is -1.88. The second-order valence-electron chi connectivity index (χ2n) is 4.96. The molecule has 0 bridgehead atoms.